The van der Waals surface area contributed by atoms with Gasteiger partial charge in [-0.3, -0.25) is 9.59 Å². The first kappa shape index (κ1) is 30.3. The number of ether oxygens (including phenoxy) is 2. The summed E-state index contributed by atoms with van der Waals surface area (Å²) < 4.78 is 18.5. The van der Waals surface area contributed by atoms with E-state index in [-0.39, 0.29) is 25.5 Å². The third kappa shape index (κ3) is 8.45. The van der Waals surface area contributed by atoms with E-state index in [0.717, 1.165) is 48.3 Å². The number of aromatic nitrogens is 2. The van der Waals surface area contributed by atoms with Gasteiger partial charge in [-0.15, -0.1) is 0 Å². The molecule has 1 atom stereocenters. The van der Waals surface area contributed by atoms with Crippen molar-refractivity contribution in [1.82, 2.24) is 15.3 Å². The summed E-state index contributed by atoms with van der Waals surface area (Å²) in [6, 6.07) is 25.5. The van der Waals surface area contributed by atoms with Crippen LogP contribution in [0, 0.1) is 12.8 Å². The molecule has 45 heavy (non-hydrogen) atoms. The highest BCUT2D eigenvalue weighted by atomic mass is 16.5. The van der Waals surface area contributed by atoms with Crippen molar-refractivity contribution in [3.63, 3.8) is 0 Å². The number of anilines is 1. The molecule has 0 saturated carbocycles. The van der Waals surface area contributed by atoms with Gasteiger partial charge < -0.3 is 24.8 Å². The Kier molecular flexibility index (Phi) is 10.3. The molecule has 2 heterocycles. The third-order valence-electron chi connectivity index (χ3n) is 7.93. The molecule has 0 aliphatic carbocycles. The minimum atomic E-state index is -1.22. The Morgan fingerprint density at radius 3 is 2.27 bits per heavy atom. The van der Waals surface area contributed by atoms with Crippen LogP contribution in [0.25, 0.3) is 11.1 Å². The van der Waals surface area contributed by atoms with Crippen molar-refractivity contribution in [2.45, 2.75) is 46.3 Å². The fraction of sp³-hybridized carbons (Fsp3) is 0.333. The zero-order valence-electron chi connectivity index (χ0n) is 26.7. The normalized spacial score (nSPS) is 14.4. The summed E-state index contributed by atoms with van der Waals surface area (Å²) in [6.07, 6.45) is 2.54. The van der Waals surface area contributed by atoms with Crippen LogP contribution >= 0.6 is 0 Å². The lowest BCUT2D eigenvalue weighted by Gasteiger charge is -2.33. The molecule has 5 rings (SSSR count). The van der Waals surface area contributed by atoms with Crippen molar-refractivity contribution in [2.24, 2.45) is 5.92 Å². The molecule has 1 amide bonds. The fourth-order valence-electron chi connectivity index (χ4n) is 5.50. The number of aryl methyl sites for hydroxylation is 1. The van der Waals surface area contributed by atoms with E-state index in [1.807, 2.05) is 49.4 Å². The highest BCUT2D eigenvalue weighted by molar-refractivity contribution is 5.96. The number of benzene rings is 3. The molecule has 2 N–H and O–H groups in total. The van der Waals surface area contributed by atoms with Gasteiger partial charge in [-0.2, -0.15) is 0 Å². The number of carbonyl (C=O) groups is 2. The summed E-state index contributed by atoms with van der Waals surface area (Å²) >= 11 is 0. The number of carbonyl (C=O) groups excluding carboxylic acids is 2. The highest BCUT2D eigenvalue weighted by Gasteiger charge is 2.25. The SMILES string of the molecule is [2H]C(O)c1ccc(-c2ccc(N3CCC(Cc4nc(C)c(OCc5ccccc5)c(C(=O)NCC(=O)OCC)n4)CC3)cc2)cc1. The predicted octanol–water partition coefficient (Wildman–Crippen LogP) is 5.28. The van der Waals surface area contributed by atoms with Crippen LogP contribution in [0.3, 0.4) is 0 Å². The molecule has 9 heteroatoms. The summed E-state index contributed by atoms with van der Waals surface area (Å²) in [5.74, 6) is 0.211. The van der Waals surface area contributed by atoms with Gasteiger partial charge in [-0.1, -0.05) is 66.7 Å². The van der Waals surface area contributed by atoms with Gasteiger partial charge in [-0.25, -0.2) is 9.97 Å². The van der Waals surface area contributed by atoms with Gasteiger partial charge in [0, 0.05) is 25.2 Å². The van der Waals surface area contributed by atoms with Crippen molar-refractivity contribution in [2.75, 3.05) is 31.1 Å². The number of amides is 1. The number of hydrogen-bond donors (Lipinski definition) is 2. The van der Waals surface area contributed by atoms with Crippen molar-refractivity contribution in [1.29, 1.82) is 0 Å². The number of nitrogens with one attached hydrogen (secondary N) is 1. The van der Waals surface area contributed by atoms with E-state index in [9.17, 15) is 14.7 Å². The Balaban J connectivity index is 1.23. The van der Waals surface area contributed by atoms with Crippen LogP contribution in [0.1, 0.15) is 54.3 Å². The molecule has 0 radical (unpaired) electrons. The number of aliphatic hydroxyl groups is 1. The lowest BCUT2D eigenvalue weighted by Crippen LogP contribution is -2.35. The molecule has 1 aliphatic heterocycles. The largest absolute Gasteiger partial charge is 0.485 e. The molecular formula is C36H40N4O5. The van der Waals surface area contributed by atoms with E-state index >= 15 is 0 Å². The second-order valence-electron chi connectivity index (χ2n) is 11.1. The van der Waals surface area contributed by atoms with Crippen LogP contribution in [0.15, 0.2) is 78.9 Å². The van der Waals surface area contributed by atoms with Gasteiger partial charge in [-0.05, 0) is 67.0 Å². The minimum Gasteiger partial charge on any atom is -0.485 e. The monoisotopic (exact) mass is 609 g/mol. The molecule has 234 valence electrons. The zero-order valence-corrected chi connectivity index (χ0v) is 25.7. The second-order valence-corrected chi connectivity index (χ2v) is 11.1. The summed E-state index contributed by atoms with van der Waals surface area (Å²) in [5, 5.41) is 12.1. The molecule has 1 aliphatic rings. The molecular weight excluding hydrogens is 568 g/mol. The van der Waals surface area contributed by atoms with Crippen LogP contribution in [-0.4, -0.2) is 53.2 Å². The summed E-state index contributed by atoms with van der Waals surface area (Å²) in [6.45, 7) is 4.32. The van der Waals surface area contributed by atoms with Crippen molar-refractivity contribution < 1.29 is 25.5 Å². The van der Waals surface area contributed by atoms with E-state index in [1.54, 1.807) is 19.1 Å². The average Bonchev–Trinajstić information content (AvgIpc) is 3.07. The number of esters is 1. The number of nitrogens with zero attached hydrogens (tertiary/aromatic N) is 3. The minimum absolute atomic E-state index is 0.116. The molecule has 1 saturated heterocycles. The Labute approximate surface area is 265 Å². The van der Waals surface area contributed by atoms with Crippen molar-refractivity contribution in [3.8, 4) is 16.9 Å². The zero-order chi connectivity index (χ0) is 32.5. The van der Waals surface area contributed by atoms with E-state index in [1.165, 1.54) is 0 Å². The smallest absolute Gasteiger partial charge is 0.325 e. The van der Waals surface area contributed by atoms with Gasteiger partial charge in [0.15, 0.2) is 11.4 Å². The quantitative estimate of drug-likeness (QED) is 0.209. The third-order valence-corrected chi connectivity index (χ3v) is 7.93. The van der Waals surface area contributed by atoms with E-state index in [4.69, 9.17) is 15.8 Å². The maximum Gasteiger partial charge on any atom is 0.325 e. The van der Waals surface area contributed by atoms with Crippen LogP contribution in [0.4, 0.5) is 5.69 Å². The van der Waals surface area contributed by atoms with Crippen molar-refractivity contribution >= 4 is 17.6 Å². The summed E-state index contributed by atoms with van der Waals surface area (Å²) in [5.41, 5.74) is 5.49. The van der Waals surface area contributed by atoms with Crippen LogP contribution in [0.2, 0.25) is 0 Å². The number of rotatable bonds is 12. The van der Waals surface area contributed by atoms with Crippen LogP contribution in [-0.2, 0) is 29.1 Å². The Hall–Kier alpha value is -4.76. The number of hydrogen-bond acceptors (Lipinski definition) is 8. The topological polar surface area (TPSA) is 114 Å². The lowest BCUT2D eigenvalue weighted by atomic mass is 9.92. The van der Waals surface area contributed by atoms with Gasteiger partial charge in [0.25, 0.3) is 5.91 Å². The van der Waals surface area contributed by atoms with E-state index in [0.29, 0.717) is 35.2 Å². The predicted molar refractivity (Wildman–Crippen MR) is 173 cm³/mol. The molecule has 9 nitrogen and oxygen atoms in total. The maximum atomic E-state index is 13.2. The molecule has 1 fully saturated rings. The van der Waals surface area contributed by atoms with Crippen molar-refractivity contribution in [3.05, 3.63) is 107 Å². The highest BCUT2D eigenvalue weighted by Crippen LogP contribution is 2.29. The maximum absolute atomic E-state index is 13.2. The summed E-state index contributed by atoms with van der Waals surface area (Å²) in [7, 11) is 0. The first-order valence-corrected chi connectivity index (χ1v) is 15.3. The van der Waals surface area contributed by atoms with E-state index < -0.39 is 18.5 Å². The average molecular weight is 610 g/mol. The molecule has 0 bridgehead atoms. The second kappa shape index (κ2) is 15.3. The molecule has 4 aromatic rings. The van der Waals surface area contributed by atoms with Crippen LogP contribution in [0.5, 0.6) is 5.75 Å². The first-order chi connectivity index (χ1) is 22.3. The number of aliphatic hydroxyl groups excluding tert-OH is 1. The van der Waals surface area contributed by atoms with Gasteiger partial charge in [0.05, 0.1) is 20.3 Å². The molecule has 0 spiro atoms. The Morgan fingerprint density at radius 1 is 0.956 bits per heavy atom. The molecule has 1 aromatic heterocycles. The fourth-order valence-corrected chi connectivity index (χ4v) is 5.50. The van der Waals surface area contributed by atoms with Gasteiger partial charge in [0.2, 0.25) is 0 Å². The van der Waals surface area contributed by atoms with Gasteiger partial charge >= 0.3 is 5.97 Å². The van der Waals surface area contributed by atoms with Gasteiger partial charge in [0.1, 0.15) is 19.0 Å². The molecule has 3 aromatic carbocycles. The Bertz CT molecular complexity index is 1610. The first-order valence-electron chi connectivity index (χ1n) is 15.9. The lowest BCUT2D eigenvalue weighted by molar-refractivity contribution is -0.141. The number of piperidine rings is 1. The van der Waals surface area contributed by atoms with E-state index in [2.05, 4.69) is 39.5 Å². The Morgan fingerprint density at radius 2 is 1.62 bits per heavy atom. The van der Waals surface area contributed by atoms with Crippen LogP contribution < -0.4 is 15.0 Å². The molecule has 1 unspecified atom stereocenters. The summed E-state index contributed by atoms with van der Waals surface area (Å²) in [4.78, 5) is 36.9. The standard InChI is InChI=1S/C36H40N4O5/c1-3-44-33(42)22-37-36(43)34-35(45-24-28-7-5-4-6-8-28)25(2)38-32(39-34)21-26-17-19-40(20-18-26)31-15-13-30(14-16-31)29-11-9-27(23-41)10-12-29/h4-16,26,41H,3,17-24H2,1-2H3,(H,37,43)/i23D.